The normalized spacial score (nSPS) is 10.1. The summed E-state index contributed by atoms with van der Waals surface area (Å²) in [5.74, 6) is 0.452. The average Bonchev–Trinajstić information content (AvgIpc) is 2.58. The lowest BCUT2D eigenvalue weighted by Gasteiger charge is -2.11. The molecule has 26 heavy (non-hydrogen) atoms. The fraction of sp³-hybridized carbons (Fsp3) is 0.222. The zero-order valence-corrected chi connectivity index (χ0v) is 15.7. The maximum atomic E-state index is 11.8. The Labute approximate surface area is 161 Å². The maximum Gasteiger partial charge on any atom is 0.315 e. The van der Waals surface area contributed by atoms with E-state index in [1.54, 1.807) is 42.5 Å². The first kappa shape index (κ1) is 19.9. The highest BCUT2D eigenvalue weighted by atomic mass is 35.5. The summed E-state index contributed by atoms with van der Waals surface area (Å²) in [6.45, 7) is 2.35. The van der Waals surface area contributed by atoms with Gasteiger partial charge < -0.3 is 20.7 Å². The van der Waals surface area contributed by atoms with Gasteiger partial charge in [-0.1, -0.05) is 35.3 Å². The third-order valence-electron chi connectivity index (χ3n) is 3.27. The summed E-state index contributed by atoms with van der Waals surface area (Å²) in [6, 6.07) is 11.8. The Balaban J connectivity index is 1.69. The molecule has 2 aromatic carbocycles. The second-order valence-corrected chi connectivity index (χ2v) is 6.25. The van der Waals surface area contributed by atoms with Crippen molar-refractivity contribution >= 4 is 40.8 Å². The molecular formula is C18H19Cl2N3O3. The van der Waals surface area contributed by atoms with Crippen LogP contribution in [0.5, 0.6) is 5.75 Å². The number of halogens is 2. The number of hydrogen-bond donors (Lipinski definition) is 3. The monoisotopic (exact) mass is 395 g/mol. The van der Waals surface area contributed by atoms with Gasteiger partial charge in [-0.15, -0.1) is 0 Å². The van der Waals surface area contributed by atoms with Crippen LogP contribution < -0.4 is 20.7 Å². The summed E-state index contributed by atoms with van der Waals surface area (Å²) in [6.07, 6.45) is 0. The van der Waals surface area contributed by atoms with E-state index in [9.17, 15) is 9.59 Å². The summed E-state index contributed by atoms with van der Waals surface area (Å²) in [5.41, 5.74) is 1.43. The molecule has 0 saturated carbocycles. The number of benzene rings is 2. The Morgan fingerprint density at radius 2 is 1.88 bits per heavy atom. The maximum absolute atomic E-state index is 11.8. The van der Waals surface area contributed by atoms with Crippen molar-refractivity contribution in [2.24, 2.45) is 0 Å². The van der Waals surface area contributed by atoms with Gasteiger partial charge in [-0.2, -0.15) is 0 Å². The Morgan fingerprint density at radius 1 is 1.08 bits per heavy atom. The number of amides is 3. The fourth-order valence-corrected chi connectivity index (χ4v) is 2.58. The van der Waals surface area contributed by atoms with Crippen molar-refractivity contribution in [2.45, 2.75) is 13.5 Å². The predicted molar refractivity (Wildman–Crippen MR) is 103 cm³/mol. The average molecular weight is 396 g/mol. The minimum atomic E-state index is -0.327. The molecule has 0 aliphatic carbocycles. The van der Waals surface area contributed by atoms with Gasteiger partial charge >= 0.3 is 6.03 Å². The molecule has 0 aromatic heterocycles. The van der Waals surface area contributed by atoms with E-state index in [1.807, 2.05) is 0 Å². The van der Waals surface area contributed by atoms with Crippen LogP contribution in [0.25, 0.3) is 0 Å². The van der Waals surface area contributed by atoms with Gasteiger partial charge in [0.1, 0.15) is 12.4 Å². The van der Waals surface area contributed by atoms with Crippen LogP contribution in [0.15, 0.2) is 42.5 Å². The van der Waals surface area contributed by atoms with E-state index in [1.165, 1.54) is 6.92 Å². The number of hydrogen-bond acceptors (Lipinski definition) is 3. The number of ether oxygens (including phenoxy) is 1. The number of carbonyl (C=O) groups excluding carboxylic acids is 2. The summed E-state index contributed by atoms with van der Waals surface area (Å²) < 4.78 is 5.54. The highest BCUT2D eigenvalue weighted by molar-refractivity contribution is 6.35. The topological polar surface area (TPSA) is 79.5 Å². The van der Waals surface area contributed by atoms with Crippen molar-refractivity contribution in [1.29, 1.82) is 0 Å². The molecule has 3 N–H and O–H groups in total. The number of rotatable bonds is 7. The van der Waals surface area contributed by atoms with Gasteiger partial charge in [-0.25, -0.2) is 4.79 Å². The van der Waals surface area contributed by atoms with Gasteiger partial charge in [-0.3, -0.25) is 4.79 Å². The van der Waals surface area contributed by atoms with Crippen LogP contribution in [-0.4, -0.2) is 25.1 Å². The number of urea groups is 1. The van der Waals surface area contributed by atoms with Crippen LogP contribution in [0, 0.1) is 0 Å². The van der Waals surface area contributed by atoms with Crippen LogP contribution in [0.3, 0.4) is 0 Å². The molecule has 0 aliphatic heterocycles. The zero-order chi connectivity index (χ0) is 18.9. The molecule has 2 aromatic rings. The van der Waals surface area contributed by atoms with Gasteiger partial charge in [0.2, 0.25) is 5.91 Å². The van der Waals surface area contributed by atoms with E-state index >= 15 is 0 Å². The van der Waals surface area contributed by atoms with Crippen LogP contribution in [0.2, 0.25) is 10.0 Å². The lowest BCUT2D eigenvalue weighted by molar-refractivity contribution is -0.114. The zero-order valence-electron chi connectivity index (χ0n) is 14.1. The molecule has 3 amide bonds. The first-order valence-electron chi connectivity index (χ1n) is 7.90. The van der Waals surface area contributed by atoms with Crippen LogP contribution in [0.1, 0.15) is 12.5 Å². The Kier molecular flexibility index (Phi) is 7.56. The molecule has 6 nitrogen and oxygen atoms in total. The van der Waals surface area contributed by atoms with E-state index in [0.717, 1.165) is 5.56 Å². The van der Waals surface area contributed by atoms with Crippen molar-refractivity contribution in [3.63, 3.8) is 0 Å². The molecule has 0 aliphatic rings. The van der Waals surface area contributed by atoms with Gasteiger partial charge in [0.25, 0.3) is 0 Å². The lowest BCUT2D eigenvalue weighted by atomic mass is 10.2. The summed E-state index contributed by atoms with van der Waals surface area (Å²) in [7, 11) is 0. The summed E-state index contributed by atoms with van der Waals surface area (Å²) in [4.78, 5) is 22.8. The first-order chi connectivity index (χ1) is 12.4. The third kappa shape index (κ3) is 6.82. The van der Waals surface area contributed by atoms with Gasteiger partial charge in [0, 0.05) is 35.3 Å². The molecule has 0 saturated heterocycles. The van der Waals surface area contributed by atoms with Crippen molar-refractivity contribution in [1.82, 2.24) is 10.6 Å². The first-order valence-corrected chi connectivity index (χ1v) is 8.66. The molecular weight excluding hydrogens is 377 g/mol. The van der Waals surface area contributed by atoms with Crippen molar-refractivity contribution < 1.29 is 14.3 Å². The number of nitrogens with one attached hydrogen (secondary N) is 3. The van der Waals surface area contributed by atoms with Gasteiger partial charge in [-0.05, 0) is 29.8 Å². The van der Waals surface area contributed by atoms with Gasteiger partial charge in [0.15, 0.2) is 0 Å². The molecule has 138 valence electrons. The van der Waals surface area contributed by atoms with Crippen molar-refractivity contribution in [3.8, 4) is 5.75 Å². The lowest BCUT2D eigenvalue weighted by Crippen LogP contribution is -2.37. The van der Waals surface area contributed by atoms with Crippen LogP contribution in [0.4, 0.5) is 10.5 Å². The number of carbonyl (C=O) groups is 2. The molecule has 0 atom stereocenters. The summed E-state index contributed by atoms with van der Waals surface area (Å²) in [5, 5.41) is 9.12. The largest absolute Gasteiger partial charge is 0.492 e. The highest BCUT2D eigenvalue weighted by Gasteiger charge is 2.04. The standard InChI is InChI=1S/C18H19Cl2N3O3/c1-12(24)23-15-3-2-4-16(10-15)26-8-7-21-18(25)22-11-13-5-6-14(19)9-17(13)20/h2-6,9-10H,7-8,11H2,1H3,(H,23,24)(H2,21,22,25). The molecule has 2 rings (SSSR count). The van der Waals surface area contributed by atoms with E-state index in [4.69, 9.17) is 27.9 Å². The van der Waals surface area contributed by atoms with Crippen LogP contribution >= 0.6 is 23.2 Å². The Bertz CT molecular complexity index is 784. The smallest absolute Gasteiger partial charge is 0.315 e. The Morgan fingerprint density at radius 3 is 2.62 bits per heavy atom. The van der Waals surface area contributed by atoms with Crippen molar-refractivity contribution in [3.05, 3.63) is 58.1 Å². The second-order valence-electron chi connectivity index (χ2n) is 5.40. The SMILES string of the molecule is CC(=O)Nc1cccc(OCCNC(=O)NCc2ccc(Cl)cc2Cl)c1. The highest BCUT2D eigenvalue weighted by Crippen LogP contribution is 2.20. The fourth-order valence-electron chi connectivity index (χ4n) is 2.10. The molecule has 0 radical (unpaired) electrons. The summed E-state index contributed by atoms with van der Waals surface area (Å²) >= 11 is 11.9. The molecule has 0 fully saturated rings. The van der Waals surface area contributed by atoms with Crippen LogP contribution in [-0.2, 0) is 11.3 Å². The van der Waals surface area contributed by atoms with Gasteiger partial charge in [0.05, 0.1) is 6.54 Å². The molecule has 0 unspecified atom stereocenters. The van der Waals surface area contributed by atoms with Crippen molar-refractivity contribution in [2.75, 3.05) is 18.5 Å². The second kappa shape index (κ2) is 9.89. The minimum Gasteiger partial charge on any atom is -0.492 e. The van der Waals surface area contributed by atoms with E-state index in [-0.39, 0.29) is 11.9 Å². The third-order valence-corrected chi connectivity index (χ3v) is 3.85. The quantitative estimate of drug-likeness (QED) is 0.623. The minimum absolute atomic E-state index is 0.152. The number of anilines is 1. The predicted octanol–water partition coefficient (Wildman–Crippen LogP) is 3.83. The molecule has 0 bridgehead atoms. The molecule has 0 spiro atoms. The van der Waals surface area contributed by atoms with E-state index in [0.29, 0.717) is 41.2 Å². The molecule has 8 heteroatoms. The van der Waals surface area contributed by atoms with E-state index in [2.05, 4.69) is 16.0 Å². The Hall–Kier alpha value is -2.44. The molecule has 0 heterocycles. The van der Waals surface area contributed by atoms with E-state index < -0.39 is 0 Å².